The second kappa shape index (κ2) is 11.3. The van der Waals surface area contributed by atoms with Crippen molar-refractivity contribution in [1.82, 2.24) is 25.1 Å². The summed E-state index contributed by atoms with van der Waals surface area (Å²) in [5.41, 5.74) is 17.4. The summed E-state index contributed by atoms with van der Waals surface area (Å²) in [6, 6.07) is 12.7. The highest BCUT2D eigenvalue weighted by Gasteiger charge is 2.17. The van der Waals surface area contributed by atoms with Crippen molar-refractivity contribution in [1.29, 1.82) is 0 Å². The van der Waals surface area contributed by atoms with Crippen molar-refractivity contribution in [2.75, 3.05) is 33.2 Å². The van der Waals surface area contributed by atoms with Crippen molar-refractivity contribution in [3.63, 3.8) is 0 Å². The molecule has 1 aliphatic heterocycles. The first-order chi connectivity index (χ1) is 17.9. The van der Waals surface area contributed by atoms with E-state index in [-0.39, 0.29) is 0 Å². The minimum absolute atomic E-state index is 0.413. The van der Waals surface area contributed by atoms with E-state index in [9.17, 15) is 0 Å². The fourth-order valence-corrected chi connectivity index (χ4v) is 4.69. The van der Waals surface area contributed by atoms with Crippen LogP contribution in [0.3, 0.4) is 0 Å². The van der Waals surface area contributed by atoms with Crippen LogP contribution in [0.5, 0.6) is 0 Å². The molecule has 2 fully saturated rings. The van der Waals surface area contributed by atoms with Crippen molar-refractivity contribution in [3.8, 4) is 23.2 Å². The van der Waals surface area contributed by atoms with E-state index in [4.69, 9.17) is 28.1 Å². The van der Waals surface area contributed by atoms with Crippen molar-refractivity contribution in [2.24, 2.45) is 11.5 Å². The van der Waals surface area contributed by atoms with E-state index in [1.807, 2.05) is 18.2 Å². The molecule has 1 saturated heterocycles. The number of aromatic amines is 1. The lowest BCUT2D eigenvalue weighted by Gasteiger charge is -2.32. The van der Waals surface area contributed by atoms with Crippen LogP contribution < -0.4 is 16.8 Å². The molecule has 0 spiro atoms. The van der Waals surface area contributed by atoms with Crippen LogP contribution in [0.2, 0.25) is 5.02 Å². The number of likely N-dealkylation sites (N-methyl/N-ethyl adjacent to an activating group) is 1. The maximum absolute atomic E-state index is 6.43. The van der Waals surface area contributed by atoms with Gasteiger partial charge in [-0.1, -0.05) is 23.6 Å². The van der Waals surface area contributed by atoms with Gasteiger partial charge in [-0.25, -0.2) is 4.98 Å². The van der Waals surface area contributed by atoms with Crippen molar-refractivity contribution >= 4 is 22.6 Å². The minimum atomic E-state index is 0.413. The predicted molar refractivity (Wildman–Crippen MR) is 152 cm³/mol. The molecule has 2 aromatic carbocycles. The maximum atomic E-state index is 6.43. The summed E-state index contributed by atoms with van der Waals surface area (Å²) in [5, 5.41) is 3.84. The van der Waals surface area contributed by atoms with E-state index in [0.717, 1.165) is 68.0 Å². The van der Waals surface area contributed by atoms with Crippen LogP contribution in [-0.2, 0) is 6.54 Å². The summed E-state index contributed by atoms with van der Waals surface area (Å²) < 4.78 is 0. The van der Waals surface area contributed by atoms with Crippen LogP contribution in [0.4, 0.5) is 0 Å². The van der Waals surface area contributed by atoms with Crippen LogP contribution in [-0.4, -0.2) is 59.0 Å². The van der Waals surface area contributed by atoms with Gasteiger partial charge in [0.25, 0.3) is 0 Å². The Bertz CT molecular complexity index is 1380. The highest BCUT2D eigenvalue weighted by atomic mass is 35.5. The molecule has 2 aliphatic rings. The van der Waals surface area contributed by atoms with Gasteiger partial charge in [-0.2, -0.15) is 0 Å². The first kappa shape index (κ1) is 25.2. The number of nitrogens with zero attached hydrogens (tertiary/aromatic N) is 3. The number of H-pyrrole nitrogens is 1. The molecule has 5 rings (SSSR count). The molecule has 1 saturated carbocycles. The molecule has 0 unspecified atom stereocenters. The molecular formula is C29H34ClN7. The number of hydrogen-bond acceptors (Lipinski definition) is 6. The van der Waals surface area contributed by atoms with Gasteiger partial charge in [0.1, 0.15) is 5.82 Å². The van der Waals surface area contributed by atoms with E-state index in [1.165, 1.54) is 12.0 Å². The number of allylic oxidation sites excluding steroid dienone is 3. The van der Waals surface area contributed by atoms with Gasteiger partial charge in [-0.05, 0) is 80.3 Å². The summed E-state index contributed by atoms with van der Waals surface area (Å²) in [6.45, 7) is 5.37. The molecule has 0 amide bonds. The van der Waals surface area contributed by atoms with E-state index in [2.05, 4.69) is 57.2 Å². The first-order valence-corrected chi connectivity index (χ1v) is 13.2. The van der Waals surface area contributed by atoms with Gasteiger partial charge < -0.3 is 26.7 Å². The third kappa shape index (κ3) is 6.47. The Morgan fingerprint density at radius 1 is 1.14 bits per heavy atom. The number of nitrogens with two attached hydrogens (primary N) is 2. The number of aromatic nitrogens is 2. The van der Waals surface area contributed by atoms with E-state index in [1.54, 1.807) is 12.2 Å². The van der Waals surface area contributed by atoms with Crippen LogP contribution in [0.15, 0.2) is 60.1 Å². The Balaban J connectivity index is 1.30. The molecule has 0 bridgehead atoms. The molecule has 0 radical (unpaired) electrons. The highest BCUT2D eigenvalue weighted by Crippen LogP contribution is 2.26. The first-order valence-electron chi connectivity index (χ1n) is 12.8. The number of fused-ring (bicyclic) bond motifs is 1. The number of benzene rings is 2. The van der Waals surface area contributed by atoms with Gasteiger partial charge in [0.05, 0.1) is 27.6 Å². The zero-order valence-corrected chi connectivity index (χ0v) is 22.0. The van der Waals surface area contributed by atoms with E-state index >= 15 is 0 Å². The second-order valence-electron chi connectivity index (χ2n) is 9.98. The fourth-order valence-electron chi connectivity index (χ4n) is 4.52. The standard InChI is InChI=1S/C29H34ClN7/c1-36-13-15-37(16-14-36)19-20-5-11-26-27(17-20)35-29(34-26)22-7-10-25(30)21(18-22)6-8-23(31)9-12-28(32)33-24-3-2-4-24/h5,7,9-12,17-18,24,33H,2-4,13-16,19,31-32H2,1H3,(H,34,35)/b23-9-,28-12+. The van der Waals surface area contributed by atoms with Crippen LogP contribution in [0.25, 0.3) is 22.4 Å². The Labute approximate surface area is 223 Å². The lowest BCUT2D eigenvalue weighted by Crippen LogP contribution is -2.43. The molecule has 2 heterocycles. The lowest BCUT2D eigenvalue weighted by atomic mass is 9.93. The zero-order chi connectivity index (χ0) is 25.8. The van der Waals surface area contributed by atoms with Gasteiger partial charge >= 0.3 is 0 Å². The minimum Gasteiger partial charge on any atom is -0.392 e. The van der Waals surface area contributed by atoms with Crippen molar-refractivity contribution in [3.05, 3.63) is 76.2 Å². The molecule has 8 heteroatoms. The SMILES string of the molecule is CN1CCN(Cc2ccc3nc(-c4ccc(Cl)c(C#C/C(N)=C/C=C(\N)NC5CCC5)c4)[nH]c3c2)CC1. The Morgan fingerprint density at radius 2 is 1.95 bits per heavy atom. The van der Waals surface area contributed by atoms with Gasteiger partial charge in [0, 0.05) is 49.9 Å². The molecule has 1 aromatic heterocycles. The van der Waals surface area contributed by atoms with Crippen LogP contribution in [0.1, 0.15) is 30.4 Å². The Kier molecular flexibility index (Phi) is 7.71. The maximum Gasteiger partial charge on any atom is 0.138 e. The van der Waals surface area contributed by atoms with Crippen molar-refractivity contribution in [2.45, 2.75) is 31.8 Å². The van der Waals surface area contributed by atoms with Gasteiger partial charge in [-0.15, -0.1) is 0 Å². The summed E-state index contributed by atoms with van der Waals surface area (Å²) in [6.07, 6.45) is 7.04. The average molecular weight is 516 g/mol. The molecular weight excluding hydrogens is 482 g/mol. The smallest absolute Gasteiger partial charge is 0.138 e. The largest absolute Gasteiger partial charge is 0.392 e. The summed E-state index contributed by atoms with van der Waals surface area (Å²) in [7, 11) is 2.18. The molecule has 192 valence electrons. The summed E-state index contributed by atoms with van der Waals surface area (Å²) >= 11 is 6.43. The summed E-state index contributed by atoms with van der Waals surface area (Å²) in [4.78, 5) is 13.1. The zero-order valence-electron chi connectivity index (χ0n) is 21.2. The van der Waals surface area contributed by atoms with Gasteiger partial charge in [0.2, 0.25) is 0 Å². The van der Waals surface area contributed by atoms with E-state index in [0.29, 0.717) is 28.1 Å². The van der Waals surface area contributed by atoms with Crippen molar-refractivity contribution < 1.29 is 0 Å². The molecule has 0 atom stereocenters. The Hall–Kier alpha value is -3.44. The number of piperazine rings is 1. The van der Waals surface area contributed by atoms with Gasteiger partial charge in [-0.3, -0.25) is 4.90 Å². The average Bonchev–Trinajstić information content (AvgIpc) is 3.29. The lowest BCUT2D eigenvalue weighted by molar-refractivity contribution is 0.148. The molecule has 7 nitrogen and oxygen atoms in total. The second-order valence-corrected chi connectivity index (χ2v) is 10.4. The molecule has 37 heavy (non-hydrogen) atoms. The fraction of sp³-hybridized carbons (Fsp3) is 0.345. The normalized spacial score (nSPS) is 17.9. The quantitative estimate of drug-likeness (QED) is 0.294. The third-order valence-corrected chi connectivity index (χ3v) is 7.38. The van der Waals surface area contributed by atoms with Crippen LogP contribution >= 0.6 is 11.6 Å². The van der Waals surface area contributed by atoms with Crippen LogP contribution in [0, 0.1) is 11.8 Å². The number of halogens is 1. The third-order valence-electron chi connectivity index (χ3n) is 7.05. The molecule has 1 aliphatic carbocycles. The van der Waals surface area contributed by atoms with E-state index < -0.39 is 0 Å². The molecule has 6 N–H and O–H groups in total. The molecule has 3 aromatic rings. The van der Waals surface area contributed by atoms with Gasteiger partial charge in [0.15, 0.2) is 0 Å². The monoisotopic (exact) mass is 515 g/mol. The topological polar surface area (TPSA) is 99.2 Å². The predicted octanol–water partition coefficient (Wildman–Crippen LogP) is 3.77. The highest BCUT2D eigenvalue weighted by molar-refractivity contribution is 6.31. The number of rotatable bonds is 6. The number of hydrogen-bond donors (Lipinski definition) is 4. The number of imidazole rings is 1. The Morgan fingerprint density at radius 3 is 2.70 bits per heavy atom. The summed E-state index contributed by atoms with van der Waals surface area (Å²) in [5.74, 6) is 7.44. The number of nitrogens with one attached hydrogen (secondary N) is 2.